The zero-order valence-electron chi connectivity index (χ0n) is 7.74. The quantitative estimate of drug-likeness (QED) is 0.847. The van der Waals surface area contributed by atoms with Gasteiger partial charge < -0.3 is 10.2 Å². The number of aromatic nitrogens is 1. The van der Waals surface area contributed by atoms with Crippen LogP contribution in [0.3, 0.4) is 0 Å². The van der Waals surface area contributed by atoms with Crippen LogP contribution in [0.1, 0.15) is 0 Å². The summed E-state index contributed by atoms with van der Waals surface area (Å²) in [6.45, 7) is 4.21. The van der Waals surface area contributed by atoms with Crippen LogP contribution < -0.4 is 10.2 Å². The highest BCUT2D eigenvalue weighted by molar-refractivity contribution is 9.10. The molecule has 14 heavy (non-hydrogen) atoms. The average Bonchev–Trinajstić information content (AvgIpc) is 2.20. The van der Waals surface area contributed by atoms with Crippen LogP contribution in [0.5, 0.6) is 0 Å². The Labute approximate surface area is 98.4 Å². The van der Waals surface area contributed by atoms with Gasteiger partial charge in [-0.2, -0.15) is 0 Å². The highest BCUT2D eigenvalue weighted by Gasteiger charge is 2.10. The van der Waals surface area contributed by atoms with E-state index >= 15 is 0 Å². The van der Waals surface area contributed by atoms with Gasteiger partial charge in [-0.25, -0.2) is 4.98 Å². The first-order chi connectivity index (χ1) is 6.36. The molecule has 3 nitrogen and oxygen atoms in total. The summed E-state index contributed by atoms with van der Waals surface area (Å²) in [7, 11) is 0. The predicted octanol–water partition coefficient (Wildman–Crippen LogP) is 1.68. The van der Waals surface area contributed by atoms with Crippen LogP contribution in [0.4, 0.5) is 5.82 Å². The maximum atomic E-state index is 4.35. The van der Waals surface area contributed by atoms with Crippen molar-refractivity contribution in [3.8, 4) is 0 Å². The molecule has 0 spiro atoms. The number of hydrogen-bond acceptors (Lipinski definition) is 3. The Kier molecular flexibility index (Phi) is 4.65. The minimum Gasteiger partial charge on any atom is -0.354 e. The third kappa shape index (κ3) is 2.83. The molecule has 1 N–H and O–H groups in total. The topological polar surface area (TPSA) is 28.2 Å². The molecule has 1 fully saturated rings. The predicted molar refractivity (Wildman–Crippen MR) is 64.3 cm³/mol. The molecule has 78 valence electrons. The molecule has 0 unspecified atom stereocenters. The van der Waals surface area contributed by atoms with Gasteiger partial charge in [0.05, 0.1) is 0 Å². The lowest BCUT2D eigenvalue weighted by Gasteiger charge is -2.28. The molecule has 0 aromatic carbocycles. The number of anilines is 1. The van der Waals surface area contributed by atoms with Gasteiger partial charge in [-0.3, -0.25) is 0 Å². The summed E-state index contributed by atoms with van der Waals surface area (Å²) in [5.41, 5.74) is 0. The summed E-state index contributed by atoms with van der Waals surface area (Å²) < 4.78 is 1.03. The normalized spacial score (nSPS) is 16.2. The average molecular weight is 279 g/mol. The van der Waals surface area contributed by atoms with Crippen molar-refractivity contribution >= 4 is 34.2 Å². The van der Waals surface area contributed by atoms with Gasteiger partial charge in [0.15, 0.2) is 0 Å². The lowest BCUT2D eigenvalue weighted by Crippen LogP contribution is -2.43. The van der Waals surface area contributed by atoms with Crippen molar-refractivity contribution in [1.82, 2.24) is 10.3 Å². The summed E-state index contributed by atoms with van der Waals surface area (Å²) in [6, 6.07) is 4.08. The number of hydrogen-bond donors (Lipinski definition) is 1. The Morgan fingerprint density at radius 1 is 1.29 bits per heavy atom. The Hall–Kier alpha value is -0.320. The highest BCUT2D eigenvalue weighted by atomic mass is 79.9. The second-order valence-corrected chi connectivity index (χ2v) is 3.99. The zero-order chi connectivity index (χ0) is 9.10. The summed E-state index contributed by atoms with van der Waals surface area (Å²) in [5.74, 6) is 1.07. The van der Waals surface area contributed by atoms with Crippen molar-refractivity contribution in [2.75, 3.05) is 31.1 Å². The van der Waals surface area contributed by atoms with Crippen LogP contribution in [-0.4, -0.2) is 31.2 Å². The first kappa shape index (κ1) is 11.8. The molecule has 2 rings (SSSR count). The van der Waals surface area contributed by atoms with Crippen molar-refractivity contribution in [2.45, 2.75) is 0 Å². The zero-order valence-corrected chi connectivity index (χ0v) is 10.1. The number of piperazine rings is 1. The molecule has 1 aliphatic heterocycles. The molecule has 2 heterocycles. The molecule has 0 amide bonds. The second-order valence-electron chi connectivity index (χ2n) is 3.07. The first-order valence-electron chi connectivity index (χ1n) is 4.43. The van der Waals surface area contributed by atoms with Gasteiger partial charge in [-0.1, -0.05) is 0 Å². The lowest BCUT2D eigenvalue weighted by molar-refractivity contribution is 0.585. The second kappa shape index (κ2) is 5.53. The molecule has 0 aliphatic carbocycles. The van der Waals surface area contributed by atoms with Crippen molar-refractivity contribution in [3.05, 3.63) is 22.8 Å². The van der Waals surface area contributed by atoms with E-state index in [9.17, 15) is 0 Å². The van der Waals surface area contributed by atoms with Crippen LogP contribution in [0.25, 0.3) is 0 Å². The van der Waals surface area contributed by atoms with E-state index in [2.05, 4.69) is 37.2 Å². The van der Waals surface area contributed by atoms with E-state index in [1.807, 2.05) is 12.3 Å². The fraction of sp³-hybridized carbons (Fsp3) is 0.444. The van der Waals surface area contributed by atoms with Crippen LogP contribution in [-0.2, 0) is 0 Å². The first-order valence-corrected chi connectivity index (χ1v) is 5.23. The molecule has 0 radical (unpaired) electrons. The summed E-state index contributed by atoms with van der Waals surface area (Å²) >= 11 is 3.38. The summed E-state index contributed by atoms with van der Waals surface area (Å²) in [6.07, 6.45) is 1.84. The van der Waals surface area contributed by atoms with E-state index in [1.54, 1.807) is 0 Å². The third-order valence-corrected chi connectivity index (χ3v) is 2.62. The minimum atomic E-state index is 0. The van der Waals surface area contributed by atoms with Gasteiger partial charge in [0.1, 0.15) is 5.82 Å². The fourth-order valence-electron chi connectivity index (χ4n) is 1.45. The van der Waals surface area contributed by atoms with Crippen molar-refractivity contribution < 1.29 is 0 Å². The molecule has 1 saturated heterocycles. The molecule has 1 aromatic heterocycles. The van der Waals surface area contributed by atoms with Crippen LogP contribution in [0.2, 0.25) is 0 Å². The Bertz CT molecular complexity index is 272. The largest absolute Gasteiger partial charge is 0.354 e. The molecular weight excluding hydrogens is 265 g/mol. The van der Waals surface area contributed by atoms with Gasteiger partial charge >= 0.3 is 0 Å². The van der Waals surface area contributed by atoms with Crippen LogP contribution in [0.15, 0.2) is 22.8 Å². The van der Waals surface area contributed by atoms with Gasteiger partial charge in [0.2, 0.25) is 0 Å². The number of nitrogens with zero attached hydrogens (tertiary/aromatic N) is 2. The van der Waals surface area contributed by atoms with E-state index in [-0.39, 0.29) is 12.4 Å². The molecule has 0 bridgehead atoms. The minimum absolute atomic E-state index is 0. The standard InChI is InChI=1S/C9H12BrN3.ClH/c10-8-1-2-9(12-7-8)13-5-3-11-4-6-13;/h1-2,7,11H,3-6H2;1H. The van der Waals surface area contributed by atoms with Gasteiger partial charge in [-0.05, 0) is 28.1 Å². The highest BCUT2D eigenvalue weighted by Crippen LogP contribution is 2.14. The summed E-state index contributed by atoms with van der Waals surface area (Å²) in [4.78, 5) is 6.65. The Morgan fingerprint density at radius 3 is 2.57 bits per heavy atom. The fourth-order valence-corrected chi connectivity index (χ4v) is 1.68. The van der Waals surface area contributed by atoms with Crippen molar-refractivity contribution in [3.63, 3.8) is 0 Å². The Balaban J connectivity index is 0.000000980. The number of pyridine rings is 1. The van der Waals surface area contributed by atoms with E-state index in [0.717, 1.165) is 36.5 Å². The van der Waals surface area contributed by atoms with Gasteiger partial charge in [-0.15, -0.1) is 12.4 Å². The summed E-state index contributed by atoms with van der Waals surface area (Å²) in [5, 5.41) is 3.32. The van der Waals surface area contributed by atoms with Crippen LogP contribution in [0, 0.1) is 0 Å². The smallest absolute Gasteiger partial charge is 0.128 e. The molecule has 5 heteroatoms. The molecule has 1 aliphatic rings. The Morgan fingerprint density at radius 2 is 2.00 bits per heavy atom. The van der Waals surface area contributed by atoms with Crippen molar-refractivity contribution in [1.29, 1.82) is 0 Å². The number of rotatable bonds is 1. The molecule has 0 atom stereocenters. The van der Waals surface area contributed by atoms with E-state index in [0.29, 0.717) is 0 Å². The van der Waals surface area contributed by atoms with Crippen molar-refractivity contribution in [2.24, 2.45) is 0 Å². The third-order valence-electron chi connectivity index (χ3n) is 2.15. The maximum Gasteiger partial charge on any atom is 0.128 e. The number of halogens is 2. The maximum absolute atomic E-state index is 4.35. The van der Waals surface area contributed by atoms with Gasteiger partial charge in [0, 0.05) is 36.8 Å². The van der Waals surface area contributed by atoms with E-state index in [1.165, 1.54) is 0 Å². The van der Waals surface area contributed by atoms with E-state index in [4.69, 9.17) is 0 Å². The van der Waals surface area contributed by atoms with Gasteiger partial charge in [0.25, 0.3) is 0 Å². The SMILES string of the molecule is Brc1ccc(N2CCNCC2)nc1.Cl. The molecule has 0 saturated carbocycles. The lowest BCUT2D eigenvalue weighted by atomic mass is 10.3. The number of nitrogens with one attached hydrogen (secondary N) is 1. The monoisotopic (exact) mass is 277 g/mol. The van der Waals surface area contributed by atoms with Crippen LogP contribution >= 0.6 is 28.3 Å². The molecular formula is C9H13BrClN3. The van der Waals surface area contributed by atoms with E-state index < -0.39 is 0 Å². The molecule has 1 aromatic rings.